The average Bonchev–Trinajstić information content (AvgIpc) is 3.00. The summed E-state index contributed by atoms with van der Waals surface area (Å²) in [5.41, 5.74) is 3.29. The van der Waals surface area contributed by atoms with Gasteiger partial charge in [-0.3, -0.25) is 9.69 Å². The van der Waals surface area contributed by atoms with Crippen LogP contribution in [0.3, 0.4) is 0 Å². The van der Waals surface area contributed by atoms with E-state index < -0.39 is 0 Å². The van der Waals surface area contributed by atoms with Crippen molar-refractivity contribution < 1.29 is 9.59 Å². The number of rotatable bonds is 2. The standard InChI is InChI=1S/C20H16BrN3O2S/c21-13-6-8-14(9-7-13)22-20(26)24-11-16-18(19(24)27)15(10-17(25)23-16)12-4-2-1-3-5-12/h1-9,15H,10-11H2,(H,22,26)(H,23,25). The summed E-state index contributed by atoms with van der Waals surface area (Å²) in [6.45, 7) is 0.269. The molecule has 27 heavy (non-hydrogen) atoms. The van der Waals surface area contributed by atoms with Gasteiger partial charge in [-0.2, -0.15) is 0 Å². The fraction of sp³-hybridized carbons (Fsp3) is 0.150. The van der Waals surface area contributed by atoms with Crippen LogP contribution in [0.1, 0.15) is 17.9 Å². The van der Waals surface area contributed by atoms with Crippen LogP contribution in [0.2, 0.25) is 0 Å². The molecule has 2 N–H and O–H groups in total. The Kier molecular flexibility index (Phi) is 4.80. The minimum Gasteiger partial charge on any atom is -0.328 e. The van der Waals surface area contributed by atoms with Crippen molar-refractivity contribution >= 4 is 50.8 Å². The number of carbonyl (C=O) groups excluding carboxylic acids is 2. The van der Waals surface area contributed by atoms with Gasteiger partial charge in [-0.1, -0.05) is 58.5 Å². The van der Waals surface area contributed by atoms with E-state index in [0.717, 1.165) is 21.3 Å². The topological polar surface area (TPSA) is 61.4 Å². The quantitative estimate of drug-likeness (QED) is 0.687. The molecule has 1 atom stereocenters. The van der Waals surface area contributed by atoms with Gasteiger partial charge in [0.25, 0.3) is 0 Å². The van der Waals surface area contributed by atoms with Crippen LogP contribution in [-0.2, 0) is 4.79 Å². The lowest BCUT2D eigenvalue weighted by Gasteiger charge is -2.24. The maximum Gasteiger partial charge on any atom is 0.327 e. The number of carbonyl (C=O) groups is 2. The first kappa shape index (κ1) is 17.9. The third-order valence-corrected chi connectivity index (χ3v) is 5.66. The Hall–Kier alpha value is -2.51. The van der Waals surface area contributed by atoms with Gasteiger partial charge in [0.15, 0.2) is 0 Å². The van der Waals surface area contributed by atoms with Crippen LogP contribution in [0.4, 0.5) is 10.5 Å². The molecular weight excluding hydrogens is 426 g/mol. The van der Waals surface area contributed by atoms with Gasteiger partial charge in [0.1, 0.15) is 4.99 Å². The first-order valence-corrected chi connectivity index (χ1v) is 9.69. The van der Waals surface area contributed by atoms with Crippen LogP contribution < -0.4 is 10.6 Å². The van der Waals surface area contributed by atoms with Gasteiger partial charge in [-0.15, -0.1) is 0 Å². The molecule has 0 bridgehead atoms. The zero-order chi connectivity index (χ0) is 19.0. The van der Waals surface area contributed by atoms with E-state index in [2.05, 4.69) is 26.6 Å². The van der Waals surface area contributed by atoms with Crippen LogP contribution in [0.25, 0.3) is 0 Å². The first-order valence-electron chi connectivity index (χ1n) is 8.49. The molecule has 5 nitrogen and oxygen atoms in total. The van der Waals surface area contributed by atoms with Crippen LogP contribution in [0.5, 0.6) is 0 Å². The van der Waals surface area contributed by atoms with Gasteiger partial charge >= 0.3 is 6.03 Å². The highest BCUT2D eigenvalue weighted by Crippen LogP contribution is 2.38. The van der Waals surface area contributed by atoms with Gasteiger partial charge in [0.05, 0.1) is 6.54 Å². The molecule has 0 radical (unpaired) electrons. The number of hydrogen-bond acceptors (Lipinski definition) is 3. The molecule has 136 valence electrons. The van der Waals surface area contributed by atoms with Crippen molar-refractivity contribution in [1.82, 2.24) is 10.2 Å². The molecule has 1 unspecified atom stereocenters. The summed E-state index contributed by atoms with van der Waals surface area (Å²) in [5, 5.41) is 5.75. The van der Waals surface area contributed by atoms with Crippen molar-refractivity contribution in [2.24, 2.45) is 0 Å². The second-order valence-corrected chi connectivity index (χ2v) is 7.74. The van der Waals surface area contributed by atoms with E-state index in [4.69, 9.17) is 12.2 Å². The molecular formula is C20H16BrN3O2S. The minimum atomic E-state index is -0.308. The number of benzene rings is 2. The van der Waals surface area contributed by atoms with Crippen molar-refractivity contribution in [3.8, 4) is 0 Å². The molecule has 0 saturated heterocycles. The van der Waals surface area contributed by atoms with Crippen LogP contribution in [-0.4, -0.2) is 28.4 Å². The minimum absolute atomic E-state index is 0.0550. The summed E-state index contributed by atoms with van der Waals surface area (Å²) in [4.78, 5) is 26.9. The summed E-state index contributed by atoms with van der Waals surface area (Å²) >= 11 is 8.99. The van der Waals surface area contributed by atoms with Crippen molar-refractivity contribution in [2.45, 2.75) is 12.3 Å². The number of hydrogen-bond donors (Lipinski definition) is 2. The molecule has 7 heteroatoms. The molecule has 3 amide bonds. The Morgan fingerprint density at radius 1 is 1.15 bits per heavy atom. The van der Waals surface area contributed by atoms with Crippen molar-refractivity contribution in [2.75, 3.05) is 11.9 Å². The summed E-state index contributed by atoms with van der Waals surface area (Å²) in [5.74, 6) is -0.187. The fourth-order valence-electron chi connectivity index (χ4n) is 3.42. The van der Waals surface area contributed by atoms with E-state index >= 15 is 0 Å². The molecule has 2 aromatic rings. The Balaban J connectivity index is 1.58. The maximum atomic E-state index is 12.8. The van der Waals surface area contributed by atoms with Crippen LogP contribution >= 0.6 is 28.1 Å². The van der Waals surface area contributed by atoms with Crippen LogP contribution in [0.15, 0.2) is 70.3 Å². The SMILES string of the molecule is O=C1CC(c2ccccc2)C2=C(CN(C(=O)Nc3ccc(Br)cc3)C2=S)N1. The normalized spacial score (nSPS) is 19.0. The highest BCUT2D eigenvalue weighted by atomic mass is 79.9. The van der Waals surface area contributed by atoms with Gasteiger partial charge in [0.2, 0.25) is 5.91 Å². The smallest absolute Gasteiger partial charge is 0.327 e. The third-order valence-electron chi connectivity index (χ3n) is 4.69. The summed E-state index contributed by atoms with van der Waals surface area (Å²) < 4.78 is 0.933. The molecule has 4 rings (SSSR count). The Labute approximate surface area is 170 Å². The monoisotopic (exact) mass is 441 g/mol. The predicted molar refractivity (Wildman–Crippen MR) is 111 cm³/mol. The highest BCUT2D eigenvalue weighted by Gasteiger charge is 2.40. The highest BCUT2D eigenvalue weighted by molar-refractivity contribution is 9.10. The predicted octanol–water partition coefficient (Wildman–Crippen LogP) is 4.18. The molecule has 0 saturated carbocycles. The lowest BCUT2D eigenvalue weighted by molar-refractivity contribution is -0.121. The van der Waals surface area contributed by atoms with Gasteiger partial charge in [-0.05, 0) is 29.8 Å². The lowest BCUT2D eigenvalue weighted by atomic mass is 9.85. The van der Waals surface area contributed by atoms with Crippen LogP contribution in [0, 0.1) is 0 Å². The molecule has 0 fully saturated rings. The molecule has 0 spiro atoms. The summed E-state index contributed by atoms with van der Waals surface area (Å²) in [6.07, 6.45) is 0.325. The number of anilines is 1. The number of nitrogens with one attached hydrogen (secondary N) is 2. The van der Waals surface area contributed by atoms with E-state index in [0.29, 0.717) is 17.1 Å². The number of halogens is 1. The molecule has 2 aromatic carbocycles. The third kappa shape index (κ3) is 3.52. The average molecular weight is 442 g/mol. The number of amides is 3. The maximum absolute atomic E-state index is 12.8. The molecule has 0 aromatic heterocycles. The van der Waals surface area contributed by atoms with E-state index in [1.54, 1.807) is 0 Å². The van der Waals surface area contributed by atoms with Gasteiger partial charge in [0, 0.05) is 33.8 Å². The Morgan fingerprint density at radius 2 is 1.85 bits per heavy atom. The number of urea groups is 1. The van der Waals surface area contributed by atoms with Crippen molar-refractivity contribution in [1.29, 1.82) is 0 Å². The first-order chi connectivity index (χ1) is 13.0. The number of thiocarbonyl (C=S) groups is 1. The molecule has 0 aliphatic carbocycles. The van der Waals surface area contributed by atoms with Gasteiger partial charge in [-0.25, -0.2) is 4.79 Å². The summed E-state index contributed by atoms with van der Waals surface area (Å²) in [6, 6.07) is 16.8. The Morgan fingerprint density at radius 3 is 2.56 bits per heavy atom. The molecule has 2 aliphatic rings. The largest absolute Gasteiger partial charge is 0.328 e. The van der Waals surface area contributed by atoms with Gasteiger partial charge < -0.3 is 10.6 Å². The second-order valence-electron chi connectivity index (χ2n) is 6.44. The number of nitrogens with zero attached hydrogens (tertiary/aromatic N) is 1. The second kappa shape index (κ2) is 7.25. The Bertz CT molecular complexity index is 957. The zero-order valence-electron chi connectivity index (χ0n) is 14.2. The zero-order valence-corrected chi connectivity index (χ0v) is 16.6. The van der Waals surface area contributed by atoms with Crippen molar-refractivity contribution in [3.63, 3.8) is 0 Å². The van der Waals surface area contributed by atoms with E-state index in [9.17, 15) is 9.59 Å². The van der Waals surface area contributed by atoms with E-state index in [-0.39, 0.29) is 24.4 Å². The van der Waals surface area contributed by atoms with E-state index in [1.807, 2.05) is 54.6 Å². The fourth-order valence-corrected chi connectivity index (χ4v) is 4.10. The lowest BCUT2D eigenvalue weighted by Crippen LogP contribution is -2.37. The summed E-state index contributed by atoms with van der Waals surface area (Å²) in [7, 11) is 0. The van der Waals surface area contributed by atoms with E-state index in [1.165, 1.54) is 4.90 Å². The molecule has 2 heterocycles. The van der Waals surface area contributed by atoms with Crippen molar-refractivity contribution in [3.05, 3.63) is 75.9 Å². The molecule has 2 aliphatic heterocycles.